The topological polar surface area (TPSA) is 47.4 Å². The van der Waals surface area contributed by atoms with Crippen LogP contribution < -0.4 is 4.90 Å². The number of carbonyl (C=O) groups excluding carboxylic acids is 1. The molecule has 1 aromatic heterocycles. The fourth-order valence-electron chi connectivity index (χ4n) is 2.68. The summed E-state index contributed by atoms with van der Waals surface area (Å²) in [4.78, 5) is 14.0. The Hall–Kier alpha value is -2.30. The van der Waals surface area contributed by atoms with Gasteiger partial charge in [-0.1, -0.05) is 30.3 Å². The van der Waals surface area contributed by atoms with Gasteiger partial charge in [-0.05, 0) is 12.5 Å². The normalized spacial score (nSPS) is 17.1. The minimum atomic E-state index is -0.311. The minimum absolute atomic E-state index is 0.202. The molecule has 0 fully saturated rings. The quantitative estimate of drug-likeness (QED) is 0.803. The number of carbonyl (C=O) groups is 1. The lowest BCUT2D eigenvalue weighted by Crippen LogP contribution is -2.21. The van der Waals surface area contributed by atoms with E-state index >= 15 is 0 Å². The highest BCUT2D eigenvalue weighted by molar-refractivity contribution is 5.95. The Morgan fingerprint density at radius 2 is 2.15 bits per heavy atom. The van der Waals surface area contributed by atoms with E-state index in [4.69, 9.17) is 4.74 Å². The summed E-state index contributed by atoms with van der Waals surface area (Å²) in [5.74, 6) is 0.520. The standard InChI is InChI=1S/C15H17N3O2/c1-3-20-15(19)12-9-16-18-10-13(17(2)14(12)18)11-7-5-4-6-8-11/h4-9,13H,3,10H2,1-2H3. The van der Waals surface area contributed by atoms with Crippen molar-refractivity contribution in [1.82, 2.24) is 9.78 Å². The first-order valence-corrected chi connectivity index (χ1v) is 6.73. The molecule has 3 rings (SSSR count). The number of anilines is 1. The number of benzene rings is 1. The molecule has 0 saturated carbocycles. The number of likely N-dealkylation sites (N-methyl/N-ethyl adjacent to an activating group) is 1. The average molecular weight is 271 g/mol. The third-order valence-electron chi connectivity index (χ3n) is 3.64. The van der Waals surface area contributed by atoms with Gasteiger partial charge in [-0.2, -0.15) is 5.10 Å². The minimum Gasteiger partial charge on any atom is -0.462 e. The molecule has 0 aliphatic carbocycles. The zero-order valence-corrected chi connectivity index (χ0v) is 11.6. The molecule has 1 atom stereocenters. The van der Waals surface area contributed by atoms with Gasteiger partial charge in [0.15, 0.2) is 0 Å². The first kappa shape index (κ1) is 12.7. The first-order valence-electron chi connectivity index (χ1n) is 6.73. The van der Waals surface area contributed by atoms with Crippen molar-refractivity contribution in [3.63, 3.8) is 0 Å². The Morgan fingerprint density at radius 1 is 1.40 bits per heavy atom. The number of fused-ring (bicyclic) bond motifs is 1. The fourth-order valence-corrected chi connectivity index (χ4v) is 2.68. The molecule has 0 spiro atoms. The van der Waals surface area contributed by atoms with Gasteiger partial charge in [-0.15, -0.1) is 0 Å². The maximum Gasteiger partial charge on any atom is 0.343 e. The maximum atomic E-state index is 12.0. The molecule has 20 heavy (non-hydrogen) atoms. The summed E-state index contributed by atoms with van der Waals surface area (Å²) in [5, 5.41) is 4.30. The van der Waals surface area contributed by atoms with E-state index in [1.807, 2.05) is 29.9 Å². The van der Waals surface area contributed by atoms with Gasteiger partial charge in [-0.25, -0.2) is 9.48 Å². The van der Waals surface area contributed by atoms with Crippen LogP contribution in [0.1, 0.15) is 28.9 Å². The highest BCUT2D eigenvalue weighted by Crippen LogP contribution is 2.36. The molecule has 0 radical (unpaired) electrons. The van der Waals surface area contributed by atoms with E-state index in [2.05, 4.69) is 22.1 Å². The van der Waals surface area contributed by atoms with Gasteiger partial charge in [0.25, 0.3) is 0 Å². The van der Waals surface area contributed by atoms with E-state index in [1.165, 1.54) is 5.56 Å². The number of esters is 1. The predicted octanol–water partition coefficient (Wildman–Crippen LogP) is 2.25. The Kier molecular flexibility index (Phi) is 3.18. The van der Waals surface area contributed by atoms with Gasteiger partial charge in [0.1, 0.15) is 11.4 Å². The fraction of sp³-hybridized carbons (Fsp3) is 0.333. The van der Waals surface area contributed by atoms with E-state index in [0.717, 1.165) is 12.4 Å². The second-order valence-corrected chi connectivity index (χ2v) is 4.82. The third-order valence-corrected chi connectivity index (χ3v) is 3.64. The van der Waals surface area contributed by atoms with Crippen LogP contribution in [0, 0.1) is 0 Å². The van der Waals surface area contributed by atoms with Crippen molar-refractivity contribution in [2.75, 3.05) is 18.6 Å². The number of hydrogen-bond donors (Lipinski definition) is 0. The van der Waals surface area contributed by atoms with Gasteiger partial charge in [-0.3, -0.25) is 0 Å². The van der Waals surface area contributed by atoms with Crippen LogP contribution in [-0.2, 0) is 11.3 Å². The van der Waals surface area contributed by atoms with Crippen molar-refractivity contribution in [3.8, 4) is 0 Å². The molecule has 1 aliphatic heterocycles. The molecule has 0 bridgehead atoms. The monoisotopic (exact) mass is 271 g/mol. The van der Waals surface area contributed by atoms with Crippen molar-refractivity contribution in [1.29, 1.82) is 0 Å². The van der Waals surface area contributed by atoms with E-state index in [-0.39, 0.29) is 12.0 Å². The number of rotatable bonds is 3. The Balaban J connectivity index is 1.92. The van der Waals surface area contributed by atoms with Crippen molar-refractivity contribution < 1.29 is 9.53 Å². The van der Waals surface area contributed by atoms with Crippen molar-refractivity contribution in [3.05, 3.63) is 47.7 Å². The molecular weight excluding hydrogens is 254 g/mol. The summed E-state index contributed by atoms with van der Waals surface area (Å²) in [6, 6.07) is 10.4. The van der Waals surface area contributed by atoms with Crippen LogP contribution in [0.25, 0.3) is 0 Å². The highest BCUT2D eigenvalue weighted by atomic mass is 16.5. The largest absolute Gasteiger partial charge is 0.462 e. The van der Waals surface area contributed by atoms with E-state index in [0.29, 0.717) is 12.2 Å². The molecule has 0 saturated heterocycles. The summed E-state index contributed by atoms with van der Waals surface area (Å²) in [7, 11) is 1.99. The van der Waals surface area contributed by atoms with Crippen LogP contribution in [0.4, 0.5) is 5.82 Å². The average Bonchev–Trinajstić information content (AvgIpc) is 3.01. The Bertz CT molecular complexity index is 621. The van der Waals surface area contributed by atoms with Gasteiger partial charge in [0.2, 0.25) is 0 Å². The van der Waals surface area contributed by atoms with Crippen LogP contribution in [0.3, 0.4) is 0 Å². The molecule has 1 aromatic carbocycles. The predicted molar refractivity (Wildman–Crippen MR) is 75.8 cm³/mol. The van der Waals surface area contributed by atoms with Crippen molar-refractivity contribution >= 4 is 11.8 Å². The maximum absolute atomic E-state index is 12.0. The molecule has 1 aliphatic rings. The lowest BCUT2D eigenvalue weighted by molar-refractivity contribution is 0.0527. The van der Waals surface area contributed by atoms with Gasteiger partial charge >= 0.3 is 5.97 Å². The van der Waals surface area contributed by atoms with Crippen LogP contribution in [0.2, 0.25) is 0 Å². The summed E-state index contributed by atoms with van der Waals surface area (Å²) in [6.45, 7) is 2.92. The molecule has 5 nitrogen and oxygen atoms in total. The summed E-state index contributed by atoms with van der Waals surface area (Å²) in [6.07, 6.45) is 1.59. The SMILES string of the molecule is CCOC(=O)c1cnn2c1N(C)C(c1ccccc1)C2. The lowest BCUT2D eigenvalue weighted by atomic mass is 10.1. The number of aromatic nitrogens is 2. The highest BCUT2D eigenvalue weighted by Gasteiger charge is 2.33. The van der Waals surface area contributed by atoms with Crippen molar-refractivity contribution in [2.45, 2.75) is 19.5 Å². The summed E-state index contributed by atoms with van der Waals surface area (Å²) < 4.78 is 6.95. The Labute approximate surface area is 117 Å². The molecule has 104 valence electrons. The smallest absolute Gasteiger partial charge is 0.343 e. The van der Waals surface area contributed by atoms with Crippen LogP contribution in [0.15, 0.2) is 36.5 Å². The van der Waals surface area contributed by atoms with Crippen LogP contribution >= 0.6 is 0 Å². The summed E-state index contributed by atoms with van der Waals surface area (Å²) in [5.41, 5.74) is 1.75. The van der Waals surface area contributed by atoms with E-state index < -0.39 is 0 Å². The zero-order valence-electron chi connectivity index (χ0n) is 11.6. The second-order valence-electron chi connectivity index (χ2n) is 4.82. The first-order chi connectivity index (χ1) is 9.72. The summed E-state index contributed by atoms with van der Waals surface area (Å²) >= 11 is 0. The molecular formula is C15H17N3O2. The number of ether oxygens (including phenoxy) is 1. The van der Waals surface area contributed by atoms with Crippen LogP contribution in [0.5, 0.6) is 0 Å². The molecule has 5 heteroatoms. The molecule has 2 aromatic rings. The zero-order chi connectivity index (χ0) is 14.1. The molecule has 0 N–H and O–H groups in total. The third kappa shape index (κ3) is 1.95. The molecule has 1 unspecified atom stereocenters. The van der Waals surface area contributed by atoms with Gasteiger partial charge in [0, 0.05) is 7.05 Å². The number of hydrogen-bond acceptors (Lipinski definition) is 4. The van der Waals surface area contributed by atoms with Crippen molar-refractivity contribution in [2.24, 2.45) is 0 Å². The molecule has 2 heterocycles. The van der Waals surface area contributed by atoms with Gasteiger partial charge < -0.3 is 9.64 Å². The van der Waals surface area contributed by atoms with Gasteiger partial charge in [0.05, 0.1) is 25.4 Å². The van der Waals surface area contributed by atoms with E-state index in [9.17, 15) is 4.79 Å². The van der Waals surface area contributed by atoms with Crippen LogP contribution in [-0.4, -0.2) is 29.4 Å². The second kappa shape index (κ2) is 5.00. The molecule has 0 amide bonds. The Morgan fingerprint density at radius 3 is 2.85 bits per heavy atom. The van der Waals surface area contributed by atoms with E-state index in [1.54, 1.807) is 13.1 Å². The lowest BCUT2D eigenvalue weighted by Gasteiger charge is -2.21. The number of nitrogens with zero attached hydrogens (tertiary/aromatic N) is 3.